The molecule has 40 heavy (non-hydrogen) atoms. The molecule has 2 aromatic heterocycles. The van der Waals surface area contributed by atoms with Crippen LogP contribution in [0.5, 0.6) is 5.75 Å². The summed E-state index contributed by atoms with van der Waals surface area (Å²) in [5.41, 5.74) is -1.50. The van der Waals surface area contributed by atoms with Crippen LogP contribution in [0.4, 0.5) is 22.0 Å². The quantitative estimate of drug-likeness (QED) is 0.355. The fraction of sp³-hybridized carbons (Fsp3) is 0.625. The van der Waals surface area contributed by atoms with E-state index in [9.17, 15) is 40.3 Å². The maximum absolute atomic E-state index is 13.2. The smallest absolute Gasteiger partial charge is 0.389 e. The molecule has 1 fully saturated rings. The molecule has 0 radical (unpaired) electrons. The van der Waals surface area contributed by atoms with Gasteiger partial charge in [-0.05, 0) is 45.4 Å². The summed E-state index contributed by atoms with van der Waals surface area (Å²) in [6.45, 7) is -1.65. The van der Waals surface area contributed by atoms with E-state index in [2.05, 4.69) is 20.1 Å². The van der Waals surface area contributed by atoms with Crippen molar-refractivity contribution in [2.24, 2.45) is 0 Å². The first-order chi connectivity index (χ1) is 18.5. The van der Waals surface area contributed by atoms with E-state index in [-0.39, 0.29) is 79.3 Å². The molecule has 2 heterocycles. The molecule has 0 aromatic carbocycles. The second-order valence-electron chi connectivity index (χ2n) is 9.78. The Hall–Kier alpha value is -2.52. The molecule has 1 aliphatic rings. The third-order valence-corrected chi connectivity index (χ3v) is 8.78. The lowest BCUT2D eigenvalue weighted by Gasteiger charge is -2.35. The van der Waals surface area contributed by atoms with Crippen molar-refractivity contribution in [3.8, 4) is 17.0 Å². The minimum atomic E-state index is -4.37. The molecular formula is C24H30ClF5N4O5S. The topological polar surface area (TPSA) is 123 Å². The van der Waals surface area contributed by atoms with Crippen LogP contribution in [0.1, 0.15) is 61.6 Å². The Morgan fingerprint density at radius 2 is 1.98 bits per heavy atom. The second-order valence-corrected chi connectivity index (χ2v) is 12.5. The molecule has 224 valence electrons. The number of nitrogens with zero attached hydrogens (tertiary/aromatic N) is 3. The Kier molecular flexibility index (Phi) is 10.0. The highest BCUT2D eigenvalue weighted by molar-refractivity contribution is 7.91. The average Bonchev–Trinajstić information content (AvgIpc) is 3.17. The molecule has 0 aliphatic heterocycles. The summed E-state index contributed by atoms with van der Waals surface area (Å²) < 4.78 is 93.3. The van der Waals surface area contributed by atoms with Gasteiger partial charge in [-0.15, -0.1) is 0 Å². The SMILES string of the molecule is CCn1nc(C(=O)NC[C@]2(O)CC[C@@H](S(C)(=O)=O)CC2)c(Cl)c1-c1cnc(CCCC(F)(F)F)cc1OC(F)F. The fourth-order valence-corrected chi connectivity index (χ4v) is 6.00. The van der Waals surface area contributed by atoms with Crippen molar-refractivity contribution in [1.29, 1.82) is 0 Å². The number of aromatic nitrogens is 3. The molecule has 9 nitrogen and oxygen atoms in total. The van der Waals surface area contributed by atoms with Crippen LogP contribution in [-0.2, 0) is 22.8 Å². The summed E-state index contributed by atoms with van der Waals surface area (Å²) in [5, 5.41) is 16.8. The highest BCUT2D eigenvalue weighted by Gasteiger charge is 2.37. The minimum absolute atomic E-state index is 0.0340. The summed E-state index contributed by atoms with van der Waals surface area (Å²) in [6.07, 6.45) is -2.81. The van der Waals surface area contributed by atoms with Gasteiger partial charge in [-0.25, -0.2) is 8.42 Å². The van der Waals surface area contributed by atoms with Crippen LogP contribution >= 0.6 is 11.6 Å². The molecule has 1 saturated carbocycles. The van der Waals surface area contributed by atoms with E-state index in [1.165, 1.54) is 4.68 Å². The van der Waals surface area contributed by atoms with E-state index in [0.717, 1.165) is 18.5 Å². The third kappa shape index (κ3) is 8.26. The maximum Gasteiger partial charge on any atom is 0.389 e. The van der Waals surface area contributed by atoms with Gasteiger partial charge in [0.15, 0.2) is 5.69 Å². The second kappa shape index (κ2) is 12.6. The molecule has 0 bridgehead atoms. The molecule has 3 rings (SSSR count). The van der Waals surface area contributed by atoms with Gasteiger partial charge in [0.2, 0.25) is 0 Å². The number of ether oxygens (including phenoxy) is 1. The highest BCUT2D eigenvalue weighted by Crippen LogP contribution is 2.38. The Bertz CT molecular complexity index is 1310. The van der Waals surface area contributed by atoms with Gasteiger partial charge in [-0.1, -0.05) is 11.6 Å². The lowest BCUT2D eigenvalue weighted by molar-refractivity contribution is -0.135. The average molecular weight is 617 g/mol. The molecule has 2 aromatic rings. The minimum Gasteiger partial charge on any atom is -0.434 e. The number of sulfone groups is 1. The first-order valence-electron chi connectivity index (χ1n) is 12.5. The van der Waals surface area contributed by atoms with Crippen molar-refractivity contribution >= 4 is 27.3 Å². The normalized spacial score (nSPS) is 20.1. The zero-order valence-electron chi connectivity index (χ0n) is 21.8. The number of nitrogens with one attached hydrogen (secondary N) is 1. The molecule has 0 spiro atoms. The van der Waals surface area contributed by atoms with E-state index in [1.54, 1.807) is 6.92 Å². The van der Waals surface area contributed by atoms with Gasteiger partial charge >= 0.3 is 12.8 Å². The van der Waals surface area contributed by atoms with Crippen molar-refractivity contribution < 1.29 is 45.0 Å². The molecule has 1 aliphatic carbocycles. The third-order valence-electron chi connectivity index (χ3n) is 6.74. The summed E-state index contributed by atoms with van der Waals surface area (Å²) in [4.78, 5) is 17.0. The van der Waals surface area contributed by atoms with E-state index in [0.29, 0.717) is 0 Å². The van der Waals surface area contributed by atoms with Crippen LogP contribution in [-0.4, -0.2) is 70.6 Å². The summed E-state index contributed by atoms with van der Waals surface area (Å²) >= 11 is 6.48. The molecule has 0 saturated heterocycles. The number of carbonyl (C=O) groups is 1. The molecule has 16 heteroatoms. The summed E-state index contributed by atoms with van der Waals surface area (Å²) in [6, 6.07) is 1.10. The Morgan fingerprint density at radius 3 is 2.52 bits per heavy atom. The van der Waals surface area contributed by atoms with Crippen LogP contribution in [0.15, 0.2) is 12.3 Å². The maximum atomic E-state index is 13.2. The van der Waals surface area contributed by atoms with E-state index >= 15 is 0 Å². The standard InChI is InChI=1S/C24H30ClF5N4O5S/c1-3-34-20(16-12-31-14(5-4-8-24(28,29)30)11-17(16)39-22(26)27)18(25)19(33-34)21(35)32-13-23(36)9-6-15(7-10-23)40(2,37)38/h11-12,15,22,36H,3-10,13H2,1-2H3,(H,32,35)/t15-,23+. The zero-order chi connectivity index (χ0) is 29.9. The van der Waals surface area contributed by atoms with Crippen LogP contribution < -0.4 is 10.1 Å². The molecule has 2 N–H and O–H groups in total. The number of halogens is 6. The van der Waals surface area contributed by atoms with Gasteiger partial charge in [0.25, 0.3) is 5.91 Å². The number of pyridine rings is 1. The van der Waals surface area contributed by atoms with Gasteiger partial charge < -0.3 is 15.2 Å². The van der Waals surface area contributed by atoms with Gasteiger partial charge in [0.1, 0.15) is 15.6 Å². The van der Waals surface area contributed by atoms with Crippen molar-refractivity contribution in [3.05, 3.63) is 28.7 Å². The van der Waals surface area contributed by atoms with Crippen LogP contribution in [0.2, 0.25) is 5.02 Å². The molecule has 1 amide bonds. The Morgan fingerprint density at radius 1 is 1.32 bits per heavy atom. The lowest BCUT2D eigenvalue weighted by Crippen LogP contribution is -2.47. The number of alkyl halides is 5. The molecular weight excluding hydrogens is 587 g/mol. The number of hydrogen-bond donors (Lipinski definition) is 2. The monoisotopic (exact) mass is 616 g/mol. The Balaban J connectivity index is 1.82. The first-order valence-corrected chi connectivity index (χ1v) is 14.8. The van der Waals surface area contributed by atoms with Gasteiger partial charge in [0.05, 0.1) is 27.1 Å². The Labute approximate surface area is 233 Å². The van der Waals surface area contributed by atoms with Crippen molar-refractivity contribution in [1.82, 2.24) is 20.1 Å². The number of rotatable bonds is 11. The van der Waals surface area contributed by atoms with E-state index in [4.69, 9.17) is 11.6 Å². The lowest BCUT2D eigenvalue weighted by atomic mass is 9.84. The number of hydrogen-bond acceptors (Lipinski definition) is 7. The number of amides is 1. The number of aryl methyl sites for hydroxylation is 2. The van der Waals surface area contributed by atoms with Gasteiger partial charge in [-0.2, -0.15) is 27.1 Å². The summed E-state index contributed by atoms with van der Waals surface area (Å²) in [5.74, 6) is -1.16. The first kappa shape index (κ1) is 32.0. The largest absolute Gasteiger partial charge is 0.434 e. The van der Waals surface area contributed by atoms with Crippen molar-refractivity contribution in [2.75, 3.05) is 12.8 Å². The van der Waals surface area contributed by atoms with E-state index in [1.807, 2.05) is 0 Å². The van der Waals surface area contributed by atoms with Gasteiger partial charge in [0, 0.05) is 43.7 Å². The summed E-state index contributed by atoms with van der Waals surface area (Å²) in [7, 11) is -3.25. The van der Waals surface area contributed by atoms with Crippen LogP contribution in [0, 0.1) is 0 Å². The number of aliphatic hydroxyl groups is 1. The molecule has 0 atom stereocenters. The van der Waals surface area contributed by atoms with E-state index < -0.39 is 51.6 Å². The fourth-order valence-electron chi connectivity index (χ4n) is 4.59. The zero-order valence-corrected chi connectivity index (χ0v) is 23.3. The highest BCUT2D eigenvalue weighted by atomic mass is 35.5. The predicted octanol–water partition coefficient (Wildman–Crippen LogP) is 4.55. The van der Waals surface area contributed by atoms with Crippen LogP contribution in [0.25, 0.3) is 11.3 Å². The predicted molar refractivity (Wildman–Crippen MR) is 136 cm³/mol. The van der Waals surface area contributed by atoms with Crippen LogP contribution in [0.3, 0.4) is 0 Å². The molecule has 0 unspecified atom stereocenters. The van der Waals surface area contributed by atoms with Crippen molar-refractivity contribution in [2.45, 2.75) is 82.1 Å². The van der Waals surface area contributed by atoms with Crippen molar-refractivity contribution in [3.63, 3.8) is 0 Å². The van der Waals surface area contributed by atoms with Gasteiger partial charge in [-0.3, -0.25) is 14.5 Å². The number of carbonyl (C=O) groups excluding carboxylic acids is 1.